The maximum absolute atomic E-state index is 11.8. The van der Waals surface area contributed by atoms with Crippen LogP contribution in [0.1, 0.15) is 31.7 Å². The number of nitrogens with one attached hydrogen (secondary N) is 1. The second-order valence-corrected chi connectivity index (χ2v) is 4.73. The van der Waals surface area contributed by atoms with Crippen LogP contribution >= 0.6 is 0 Å². The minimum atomic E-state index is 0.130. The standard InChI is InChI=1S/C13H20N4O/c1-11(18)17(9-12-7-15-10-16-8-12)13-3-2-5-14-6-4-13/h7-8,10,13-14H,2-6,9H2,1H3. The van der Waals surface area contributed by atoms with Crippen molar-refractivity contribution in [2.75, 3.05) is 13.1 Å². The van der Waals surface area contributed by atoms with Crippen LogP contribution in [0.4, 0.5) is 0 Å². The quantitative estimate of drug-likeness (QED) is 0.866. The minimum absolute atomic E-state index is 0.130. The van der Waals surface area contributed by atoms with Gasteiger partial charge in [0, 0.05) is 37.5 Å². The van der Waals surface area contributed by atoms with Gasteiger partial charge >= 0.3 is 0 Å². The lowest BCUT2D eigenvalue weighted by Gasteiger charge is -2.30. The first kappa shape index (κ1) is 13.0. The van der Waals surface area contributed by atoms with Crippen LogP contribution in [-0.4, -0.2) is 39.9 Å². The third-order valence-corrected chi connectivity index (χ3v) is 3.36. The van der Waals surface area contributed by atoms with E-state index < -0.39 is 0 Å². The van der Waals surface area contributed by atoms with Crippen LogP contribution in [0.15, 0.2) is 18.7 Å². The summed E-state index contributed by atoms with van der Waals surface area (Å²) >= 11 is 0. The van der Waals surface area contributed by atoms with Crippen LogP contribution in [0.5, 0.6) is 0 Å². The third-order valence-electron chi connectivity index (χ3n) is 3.36. The molecule has 0 aliphatic carbocycles. The Kier molecular flexibility index (Phi) is 4.64. The Bertz CT molecular complexity index is 374. The first-order valence-corrected chi connectivity index (χ1v) is 6.49. The zero-order valence-electron chi connectivity index (χ0n) is 10.8. The fourth-order valence-corrected chi connectivity index (χ4v) is 2.42. The summed E-state index contributed by atoms with van der Waals surface area (Å²) in [5.74, 6) is 0.130. The predicted octanol–water partition coefficient (Wildman–Crippen LogP) is 0.967. The van der Waals surface area contributed by atoms with Gasteiger partial charge in [-0.2, -0.15) is 0 Å². The molecular formula is C13H20N4O. The van der Waals surface area contributed by atoms with Crippen molar-refractivity contribution in [3.05, 3.63) is 24.3 Å². The molecule has 5 heteroatoms. The number of carbonyl (C=O) groups is 1. The van der Waals surface area contributed by atoms with E-state index in [1.807, 2.05) is 4.90 Å². The molecule has 2 rings (SSSR count). The van der Waals surface area contributed by atoms with Gasteiger partial charge in [0.2, 0.25) is 5.91 Å². The van der Waals surface area contributed by atoms with Gasteiger partial charge in [-0.15, -0.1) is 0 Å². The second-order valence-electron chi connectivity index (χ2n) is 4.73. The van der Waals surface area contributed by atoms with Gasteiger partial charge in [0.05, 0.1) is 0 Å². The Hall–Kier alpha value is -1.49. The summed E-state index contributed by atoms with van der Waals surface area (Å²) in [4.78, 5) is 21.8. The summed E-state index contributed by atoms with van der Waals surface area (Å²) < 4.78 is 0. The van der Waals surface area contributed by atoms with Gasteiger partial charge in [0.25, 0.3) is 0 Å². The number of carbonyl (C=O) groups excluding carboxylic acids is 1. The van der Waals surface area contributed by atoms with Gasteiger partial charge in [-0.25, -0.2) is 9.97 Å². The summed E-state index contributed by atoms with van der Waals surface area (Å²) in [6, 6.07) is 0.331. The Balaban J connectivity index is 2.05. The number of rotatable bonds is 3. The van der Waals surface area contributed by atoms with Gasteiger partial charge in [0.15, 0.2) is 0 Å². The minimum Gasteiger partial charge on any atom is -0.335 e. The molecule has 98 valence electrons. The summed E-state index contributed by atoms with van der Waals surface area (Å²) in [6.07, 6.45) is 8.28. The van der Waals surface area contributed by atoms with Gasteiger partial charge in [-0.3, -0.25) is 4.79 Å². The normalized spacial score (nSPS) is 20.2. The molecule has 0 aromatic carbocycles. The number of nitrogens with zero attached hydrogens (tertiary/aromatic N) is 3. The molecule has 1 atom stereocenters. The topological polar surface area (TPSA) is 58.1 Å². The molecule has 1 aromatic rings. The van der Waals surface area contributed by atoms with Crippen molar-refractivity contribution in [2.45, 2.75) is 38.8 Å². The van der Waals surface area contributed by atoms with E-state index >= 15 is 0 Å². The van der Waals surface area contributed by atoms with Crippen molar-refractivity contribution in [1.82, 2.24) is 20.2 Å². The SMILES string of the molecule is CC(=O)N(Cc1cncnc1)C1CCCNCC1. The highest BCUT2D eigenvalue weighted by atomic mass is 16.2. The molecule has 2 heterocycles. The Morgan fingerprint density at radius 3 is 2.89 bits per heavy atom. The van der Waals surface area contributed by atoms with E-state index in [0.29, 0.717) is 12.6 Å². The maximum atomic E-state index is 11.8. The van der Waals surface area contributed by atoms with E-state index in [1.54, 1.807) is 19.3 Å². The van der Waals surface area contributed by atoms with E-state index in [-0.39, 0.29) is 5.91 Å². The van der Waals surface area contributed by atoms with Gasteiger partial charge in [0.1, 0.15) is 6.33 Å². The first-order valence-electron chi connectivity index (χ1n) is 6.49. The largest absolute Gasteiger partial charge is 0.335 e. The van der Waals surface area contributed by atoms with Crippen molar-refractivity contribution < 1.29 is 4.79 Å². The van der Waals surface area contributed by atoms with Crippen LogP contribution in [0, 0.1) is 0 Å². The lowest BCUT2D eigenvalue weighted by atomic mass is 10.1. The fourth-order valence-electron chi connectivity index (χ4n) is 2.42. The molecular weight excluding hydrogens is 228 g/mol. The van der Waals surface area contributed by atoms with Crippen LogP contribution in [0.25, 0.3) is 0 Å². The highest BCUT2D eigenvalue weighted by molar-refractivity contribution is 5.73. The maximum Gasteiger partial charge on any atom is 0.219 e. The molecule has 1 N–H and O–H groups in total. The predicted molar refractivity (Wildman–Crippen MR) is 68.8 cm³/mol. The van der Waals surface area contributed by atoms with Crippen molar-refractivity contribution in [3.63, 3.8) is 0 Å². The lowest BCUT2D eigenvalue weighted by Crippen LogP contribution is -2.39. The van der Waals surface area contributed by atoms with Gasteiger partial charge in [-0.05, 0) is 32.4 Å². The number of hydrogen-bond donors (Lipinski definition) is 1. The molecule has 1 fully saturated rings. The van der Waals surface area contributed by atoms with E-state index in [9.17, 15) is 4.79 Å². The molecule has 0 radical (unpaired) electrons. The third kappa shape index (κ3) is 3.50. The lowest BCUT2D eigenvalue weighted by molar-refractivity contribution is -0.132. The molecule has 1 aliphatic heterocycles. The van der Waals surface area contributed by atoms with Crippen molar-refractivity contribution in [2.24, 2.45) is 0 Å². The molecule has 0 spiro atoms. The Morgan fingerprint density at radius 1 is 1.39 bits per heavy atom. The molecule has 1 aromatic heterocycles. The zero-order chi connectivity index (χ0) is 12.8. The molecule has 5 nitrogen and oxygen atoms in total. The van der Waals surface area contributed by atoms with Crippen LogP contribution in [-0.2, 0) is 11.3 Å². The summed E-state index contributed by atoms with van der Waals surface area (Å²) in [5.41, 5.74) is 0.991. The van der Waals surface area contributed by atoms with Gasteiger partial charge < -0.3 is 10.2 Å². The average molecular weight is 248 g/mol. The van der Waals surface area contributed by atoms with E-state index in [2.05, 4.69) is 15.3 Å². The molecule has 1 unspecified atom stereocenters. The van der Waals surface area contributed by atoms with E-state index in [1.165, 1.54) is 6.33 Å². The fraction of sp³-hybridized carbons (Fsp3) is 0.615. The van der Waals surface area contributed by atoms with Crippen molar-refractivity contribution >= 4 is 5.91 Å². The number of hydrogen-bond acceptors (Lipinski definition) is 4. The van der Waals surface area contributed by atoms with E-state index in [4.69, 9.17) is 0 Å². The van der Waals surface area contributed by atoms with Gasteiger partial charge in [-0.1, -0.05) is 0 Å². The number of amides is 1. The first-order chi connectivity index (χ1) is 8.77. The smallest absolute Gasteiger partial charge is 0.219 e. The van der Waals surface area contributed by atoms with Crippen LogP contribution < -0.4 is 5.32 Å². The highest BCUT2D eigenvalue weighted by Gasteiger charge is 2.22. The molecule has 0 bridgehead atoms. The van der Waals surface area contributed by atoms with Crippen molar-refractivity contribution in [1.29, 1.82) is 0 Å². The molecule has 1 saturated heterocycles. The van der Waals surface area contributed by atoms with Crippen molar-refractivity contribution in [3.8, 4) is 0 Å². The summed E-state index contributed by atoms with van der Waals surface area (Å²) in [5, 5.41) is 3.37. The molecule has 1 amide bonds. The number of aromatic nitrogens is 2. The monoisotopic (exact) mass is 248 g/mol. The summed E-state index contributed by atoms with van der Waals surface area (Å²) in [6.45, 7) is 4.29. The Morgan fingerprint density at radius 2 is 2.17 bits per heavy atom. The van der Waals surface area contributed by atoms with Crippen LogP contribution in [0.3, 0.4) is 0 Å². The second kappa shape index (κ2) is 6.44. The van der Waals surface area contributed by atoms with Crippen LogP contribution in [0.2, 0.25) is 0 Å². The van der Waals surface area contributed by atoms with E-state index in [0.717, 1.165) is 37.9 Å². The zero-order valence-corrected chi connectivity index (χ0v) is 10.8. The molecule has 0 saturated carbocycles. The average Bonchev–Trinajstić information content (AvgIpc) is 2.65. The molecule has 18 heavy (non-hydrogen) atoms. The highest BCUT2D eigenvalue weighted by Crippen LogP contribution is 2.16. The Labute approximate surface area is 108 Å². The summed E-state index contributed by atoms with van der Waals surface area (Å²) in [7, 11) is 0. The molecule has 1 aliphatic rings.